The SMILES string of the molecule is Nc1cnc(N)c(C2Cc3ccccc3C2)c1. The Bertz CT molecular complexity index is 538. The van der Waals surface area contributed by atoms with Gasteiger partial charge in [-0.25, -0.2) is 4.98 Å². The van der Waals surface area contributed by atoms with Crippen LogP contribution in [-0.2, 0) is 12.8 Å². The van der Waals surface area contributed by atoms with E-state index in [0.717, 1.165) is 18.4 Å². The molecular weight excluding hydrogens is 210 g/mol. The monoisotopic (exact) mass is 225 g/mol. The summed E-state index contributed by atoms with van der Waals surface area (Å²) in [5.74, 6) is 1.03. The molecule has 0 atom stereocenters. The van der Waals surface area contributed by atoms with Gasteiger partial charge < -0.3 is 11.5 Å². The van der Waals surface area contributed by atoms with Crippen molar-refractivity contribution in [1.29, 1.82) is 0 Å². The number of nitrogen functional groups attached to an aromatic ring is 2. The van der Waals surface area contributed by atoms with E-state index in [9.17, 15) is 0 Å². The van der Waals surface area contributed by atoms with E-state index in [0.29, 0.717) is 17.4 Å². The number of aromatic nitrogens is 1. The fourth-order valence-corrected chi connectivity index (χ4v) is 2.62. The zero-order valence-corrected chi connectivity index (χ0v) is 9.56. The fourth-order valence-electron chi connectivity index (χ4n) is 2.62. The van der Waals surface area contributed by atoms with E-state index in [1.165, 1.54) is 11.1 Å². The molecule has 1 aliphatic carbocycles. The minimum absolute atomic E-state index is 0.420. The molecule has 0 spiro atoms. The second-order valence-corrected chi connectivity index (χ2v) is 4.62. The summed E-state index contributed by atoms with van der Waals surface area (Å²) in [6, 6.07) is 10.5. The summed E-state index contributed by atoms with van der Waals surface area (Å²) in [7, 11) is 0. The van der Waals surface area contributed by atoms with Gasteiger partial charge in [-0.05, 0) is 36.0 Å². The minimum atomic E-state index is 0.420. The Labute approximate surface area is 100 Å². The molecule has 0 bridgehead atoms. The summed E-state index contributed by atoms with van der Waals surface area (Å²) in [4.78, 5) is 4.14. The van der Waals surface area contributed by atoms with Gasteiger partial charge in [-0.2, -0.15) is 0 Å². The van der Waals surface area contributed by atoms with Gasteiger partial charge >= 0.3 is 0 Å². The molecule has 0 aliphatic heterocycles. The smallest absolute Gasteiger partial charge is 0.126 e. The van der Waals surface area contributed by atoms with Crippen LogP contribution in [0.25, 0.3) is 0 Å². The number of fused-ring (bicyclic) bond motifs is 1. The van der Waals surface area contributed by atoms with E-state index in [1.54, 1.807) is 6.20 Å². The molecule has 2 aromatic rings. The highest BCUT2D eigenvalue weighted by molar-refractivity contribution is 5.52. The maximum atomic E-state index is 5.94. The van der Waals surface area contributed by atoms with Crippen LogP contribution in [0.1, 0.15) is 22.6 Å². The highest BCUT2D eigenvalue weighted by atomic mass is 14.8. The number of nitrogens with zero attached hydrogens (tertiary/aromatic N) is 1. The summed E-state index contributed by atoms with van der Waals surface area (Å²) in [5, 5.41) is 0. The van der Waals surface area contributed by atoms with Crippen molar-refractivity contribution in [2.75, 3.05) is 11.5 Å². The lowest BCUT2D eigenvalue weighted by atomic mass is 9.96. The minimum Gasteiger partial charge on any atom is -0.397 e. The average Bonchev–Trinajstić information content (AvgIpc) is 2.75. The quantitative estimate of drug-likeness (QED) is 0.781. The van der Waals surface area contributed by atoms with E-state index >= 15 is 0 Å². The van der Waals surface area contributed by atoms with Gasteiger partial charge in [-0.3, -0.25) is 0 Å². The lowest BCUT2D eigenvalue weighted by Crippen LogP contribution is -2.05. The number of hydrogen-bond donors (Lipinski definition) is 2. The van der Waals surface area contributed by atoms with Crippen molar-refractivity contribution < 1.29 is 0 Å². The molecule has 0 fully saturated rings. The van der Waals surface area contributed by atoms with Crippen LogP contribution >= 0.6 is 0 Å². The molecule has 1 aliphatic rings. The highest BCUT2D eigenvalue weighted by Gasteiger charge is 2.24. The Balaban J connectivity index is 1.96. The summed E-state index contributed by atoms with van der Waals surface area (Å²) >= 11 is 0. The number of anilines is 2. The van der Waals surface area contributed by atoms with Crippen molar-refractivity contribution in [1.82, 2.24) is 4.98 Å². The van der Waals surface area contributed by atoms with Gasteiger partial charge in [-0.15, -0.1) is 0 Å². The maximum Gasteiger partial charge on any atom is 0.126 e. The molecule has 0 saturated carbocycles. The maximum absolute atomic E-state index is 5.94. The molecule has 3 nitrogen and oxygen atoms in total. The van der Waals surface area contributed by atoms with E-state index in [-0.39, 0.29) is 0 Å². The molecule has 1 aromatic carbocycles. The van der Waals surface area contributed by atoms with Crippen molar-refractivity contribution in [2.24, 2.45) is 0 Å². The largest absolute Gasteiger partial charge is 0.397 e. The zero-order chi connectivity index (χ0) is 11.8. The van der Waals surface area contributed by atoms with Gasteiger partial charge in [0.2, 0.25) is 0 Å². The third kappa shape index (κ3) is 1.73. The van der Waals surface area contributed by atoms with Crippen LogP contribution in [0.2, 0.25) is 0 Å². The molecule has 0 amide bonds. The molecule has 0 unspecified atom stereocenters. The number of pyridine rings is 1. The molecule has 86 valence electrons. The molecule has 0 saturated heterocycles. The van der Waals surface area contributed by atoms with Gasteiger partial charge in [0, 0.05) is 5.56 Å². The lowest BCUT2D eigenvalue weighted by Gasteiger charge is -2.12. The summed E-state index contributed by atoms with van der Waals surface area (Å²) in [6.07, 6.45) is 3.68. The first-order valence-corrected chi connectivity index (χ1v) is 5.81. The standard InChI is InChI=1S/C14H15N3/c15-12-7-13(14(16)17-8-12)11-5-9-3-1-2-4-10(9)6-11/h1-4,7-8,11H,5-6,15H2,(H2,16,17). The van der Waals surface area contributed by atoms with Crippen molar-refractivity contribution in [3.8, 4) is 0 Å². The molecule has 3 heteroatoms. The normalized spacial score (nSPS) is 14.8. The summed E-state index contributed by atoms with van der Waals surface area (Å²) < 4.78 is 0. The first-order valence-electron chi connectivity index (χ1n) is 5.81. The second-order valence-electron chi connectivity index (χ2n) is 4.62. The molecule has 1 heterocycles. The Morgan fingerprint density at radius 2 is 1.71 bits per heavy atom. The first kappa shape index (κ1) is 10.1. The van der Waals surface area contributed by atoms with Crippen LogP contribution in [-0.4, -0.2) is 4.98 Å². The number of benzene rings is 1. The molecule has 0 radical (unpaired) electrons. The van der Waals surface area contributed by atoms with Crippen LogP contribution in [0.3, 0.4) is 0 Å². The lowest BCUT2D eigenvalue weighted by molar-refractivity contribution is 0.741. The van der Waals surface area contributed by atoms with E-state index in [4.69, 9.17) is 11.5 Å². The number of nitrogens with two attached hydrogens (primary N) is 2. The Kier molecular flexibility index (Phi) is 2.25. The van der Waals surface area contributed by atoms with Gasteiger partial charge in [0.25, 0.3) is 0 Å². The fraction of sp³-hybridized carbons (Fsp3) is 0.214. The Morgan fingerprint density at radius 1 is 1.06 bits per heavy atom. The van der Waals surface area contributed by atoms with Crippen molar-refractivity contribution in [3.63, 3.8) is 0 Å². The van der Waals surface area contributed by atoms with Crippen molar-refractivity contribution >= 4 is 11.5 Å². The third-order valence-electron chi connectivity index (χ3n) is 3.46. The van der Waals surface area contributed by atoms with Crippen LogP contribution in [0.5, 0.6) is 0 Å². The van der Waals surface area contributed by atoms with Crippen LogP contribution in [0.15, 0.2) is 36.5 Å². The molecule has 17 heavy (non-hydrogen) atoms. The molecule has 1 aromatic heterocycles. The molecular formula is C14H15N3. The predicted octanol–water partition coefficient (Wildman–Crippen LogP) is 2.13. The summed E-state index contributed by atoms with van der Waals surface area (Å²) in [5.41, 5.74) is 16.3. The number of hydrogen-bond acceptors (Lipinski definition) is 3. The summed E-state index contributed by atoms with van der Waals surface area (Å²) in [6.45, 7) is 0. The predicted molar refractivity (Wildman–Crippen MR) is 69.7 cm³/mol. The number of rotatable bonds is 1. The van der Waals surface area contributed by atoms with Gasteiger partial charge in [0.05, 0.1) is 11.9 Å². The van der Waals surface area contributed by atoms with Gasteiger partial charge in [-0.1, -0.05) is 24.3 Å². The van der Waals surface area contributed by atoms with E-state index < -0.39 is 0 Å². The van der Waals surface area contributed by atoms with Gasteiger partial charge in [0.1, 0.15) is 5.82 Å². The zero-order valence-electron chi connectivity index (χ0n) is 9.56. The van der Waals surface area contributed by atoms with E-state index in [1.807, 2.05) is 6.07 Å². The Morgan fingerprint density at radius 3 is 2.35 bits per heavy atom. The van der Waals surface area contributed by atoms with Crippen LogP contribution < -0.4 is 11.5 Å². The second kappa shape index (κ2) is 3.77. The van der Waals surface area contributed by atoms with Crippen molar-refractivity contribution in [3.05, 3.63) is 53.2 Å². The third-order valence-corrected chi connectivity index (χ3v) is 3.46. The first-order chi connectivity index (χ1) is 8.24. The van der Waals surface area contributed by atoms with Crippen LogP contribution in [0, 0.1) is 0 Å². The molecule has 3 rings (SSSR count). The average molecular weight is 225 g/mol. The van der Waals surface area contributed by atoms with Gasteiger partial charge in [0.15, 0.2) is 0 Å². The van der Waals surface area contributed by atoms with Crippen molar-refractivity contribution in [2.45, 2.75) is 18.8 Å². The highest BCUT2D eigenvalue weighted by Crippen LogP contribution is 2.36. The van der Waals surface area contributed by atoms with Crippen LogP contribution in [0.4, 0.5) is 11.5 Å². The Hall–Kier alpha value is -2.03. The topological polar surface area (TPSA) is 64.9 Å². The molecule has 4 N–H and O–H groups in total. The van der Waals surface area contributed by atoms with E-state index in [2.05, 4.69) is 29.2 Å².